The van der Waals surface area contributed by atoms with Crippen LogP contribution in [0.2, 0.25) is 0 Å². The van der Waals surface area contributed by atoms with Gasteiger partial charge in [0.2, 0.25) is 11.8 Å². The summed E-state index contributed by atoms with van der Waals surface area (Å²) < 4.78 is 0. The van der Waals surface area contributed by atoms with Crippen LogP contribution in [0.1, 0.15) is 6.92 Å². The van der Waals surface area contributed by atoms with Crippen LogP contribution in [0.3, 0.4) is 0 Å². The maximum Gasteiger partial charge on any atom is 0.241 e. The van der Waals surface area contributed by atoms with E-state index in [4.69, 9.17) is 11.6 Å². The second kappa shape index (κ2) is 5.80. The Bertz CT molecular complexity index is 195. The number of hydrogen-bond donors (Lipinski definition) is 1. The van der Waals surface area contributed by atoms with Crippen LogP contribution in [0.15, 0.2) is 0 Å². The molecule has 2 amide bonds. The number of nitrogens with zero attached hydrogens (tertiary/aromatic N) is 1. The summed E-state index contributed by atoms with van der Waals surface area (Å²) in [7, 11) is 3.28. The smallest absolute Gasteiger partial charge is 0.241 e. The predicted octanol–water partition coefficient (Wildman–Crippen LogP) is 0.0657. The van der Waals surface area contributed by atoms with Crippen molar-refractivity contribution < 1.29 is 9.59 Å². The Balaban J connectivity index is 3.77. The maximum absolute atomic E-state index is 11.1. The van der Waals surface area contributed by atoms with E-state index in [9.17, 15) is 9.59 Å². The minimum atomic E-state index is -0.253. The van der Waals surface area contributed by atoms with Crippen LogP contribution in [-0.4, -0.2) is 43.2 Å². The highest BCUT2D eigenvalue weighted by atomic mass is 35.5. The summed E-state index contributed by atoms with van der Waals surface area (Å²) in [6.45, 7) is 1.75. The van der Waals surface area contributed by atoms with Crippen LogP contribution in [0.4, 0.5) is 0 Å². The van der Waals surface area contributed by atoms with Crippen LogP contribution < -0.4 is 5.32 Å². The Labute approximate surface area is 83.2 Å². The Morgan fingerprint density at radius 2 is 2.00 bits per heavy atom. The van der Waals surface area contributed by atoms with Crippen molar-refractivity contribution in [2.24, 2.45) is 5.92 Å². The molecule has 0 bridgehead atoms. The van der Waals surface area contributed by atoms with Crippen molar-refractivity contribution in [2.45, 2.75) is 6.92 Å². The lowest BCUT2D eigenvalue weighted by Gasteiger charge is -2.12. The number of alkyl halides is 1. The van der Waals surface area contributed by atoms with Gasteiger partial charge in [0.15, 0.2) is 0 Å². The molecule has 0 aromatic carbocycles. The molecular formula is C8H15ClN2O2. The second-order valence-corrected chi connectivity index (χ2v) is 3.37. The zero-order valence-corrected chi connectivity index (χ0v) is 8.89. The number of rotatable bonds is 4. The van der Waals surface area contributed by atoms with Gasteiger partial charge >= 0.3 is 0 Å². The van der Waals surface area contributed by atoms with Gasteiger partial charge in [-0.2, -0.15) is 0 Å². The maximum atomic E-state index is 11.1. The van der Waals surface area contributed by atoms with Gasteiger partial charge in [-0.1, -0.05) is 6.92 Å². The van der Waals surface area contributed by atoms with Gasteiger partial charge in [0.1, 0.15) is 0 Å². The molecule has 0 aliphatic rings. The Kier molecular flexibility index (Phi) is 5.46. The number of carbonyl (C=O) groups excluding carboxylic acids is 2. The minimum absolute atomic E-state index is 0.0348. The normalized spacial score (nSPS) is 12.0. The Morgan fingerprint density at radius 1 is 1.46 bits per heavy atom. The van der Waals surface area contributed by atoms with Gasteiger partial charge in [-0.3, -0.25) is 9.59 Å². The third kappa shape index (κ3) is 4.72. The van der Waals surface area contributed by atoms with Gasteiger partial charge in [-0.05, 0) is 0 Å². The number of nitrogens with one attached hydrogen (secondary N) is 1. The molecule has 0 fully saturated rings. The van der Waals surface area contributed by atoms with Crippen LogP contribution >= 0.6 is 11.6 Å². The Morgan fingerprint density at radius 3 is 2.38 bits per heavy atom. The molecule has 0 spiro atoms. The van der Waals surface area contributed by atoms with Crippen LogP contribution in [-0.2, 0) is 9.59 Å². The summed E-state index contributed by atoms with van der Waals surface area (Å²) in [4.78, 5) is 23.6. The largest absolute Gasteiger partial charge is 0.347 e. The molecule has 0 aromatic rings. The molecule has 0 saturated carbocycles. The number of carbonyl (C=O) groups is 2. The first-order valence-corrected chi connectivity index (χ1v) is 4.56. The molecule has 1 unspecified atom stereocenters. The Hall–Kier alpha value is -0.770. The highest BCUT2D eigenvalue weighted by Crippen LogP contribution is 1.96. The van der Waals surface area contributed by atoms with E-state index in [0.717, 1.165) is 0 Å². The second-order valence-electron chi connectivity index (χ2n) is 3.06. The molecule has 0 rings (SSSR count). The first-order chi connectivity index (χ1) is 5.99. The van der Waals surface area contributed by atoms with E-state index in [1.807, 2.05) is 0 Å². The summed E-state index contributed by atoms with van der Waals surface area (Å²) in [6, 6.07) is 0. The average molecular weight is 207 g/mol. The van der Waals surface area contributed by atoms with Gasteiger partial charge in [-0.15, -0.1) is 11.6 Å². The fourth-order valence-corrected chi connectivity index (χ4v) is 0.705. The average Bonchev–Trinajstić information content (AvgIpc) is 2.11. The third-order valence-electron chi connectivity index (χ3n) is 1.59. The first-order valence-electron chi connectivity index (χ1n) is 4.02. The summed E-state index contributed by atoms with van der Waals surface area (Å²) in [5, 5.41) is 2.50. The lowest BCUT2D eigenvalue weighted by atomic mass is 10.2. The van der Waals surface area contributed by atoms with E-state index >= 15 is 0 Å². The molecule has 0 heterocycles. The summed E-state index contributed by atoms with van der Waals surface area (Å²) in [5.74, 6) is -0.306. The summed E-state index contributed by atoms with van der Waals surface area (Å²) in [5.41, 5.74) is 0. The number of halogens is 1. The predicted molar refractivity (Wildman–Crippen MR) is 51.6 cm³/mol. The molecule has 5 heteroatoms. The van der Waals surface area contributed by atoms with E-state index in [1.165, 1.54) is 4.90 Å². The van der Waals surface area contributed by atoms with Crippen molar-refractivity contribution in [2.75, 3.05) is 26.5 Å². The molecule has 0 aliphatic carbocycles. The quantitative estimate of drug-likeness (QED) is 0.662. The van der Waals surface area contributed by atoms with Gasteiger partial charge < -0.3 is 10.2 Å². The number of hydrogen-bond acceptors (Lipinski definition) is 2. The van der Waals surface area contributed by atoms with E-state index in [-0.39, 0.29) is 30.2 Å². The SMILES string of the molecule is CC(CCl)C(=O)NCC(=O)N(C)C. The van der Waals surface area contributed by atoms with E-state index in [1.54, 1.807) is 21.0 Å². The van der Waals surface area contributed by atoms with Crippen molar-refractivity contribution in [1.29, 1.82) is 0 Å². The highest BCUT2D eigenvalue weighted by Gasteiger charge is 2.12. The van der Waals surface area contributed by atoms with E-state index < -0.39 is 0 Å². The lowest BCUT2D eigenvalue weighted by Crippen LogP contribution is -2.38. The molecular weight excluding hydrogens is 192 g/mol. The fraction of sp³-hybridized carbons (Fsp3) is 0.750. The topological polar surface area (TPSA) is 49.4 Å². The molecule has 0 saturated heterocycles. The molecule has 0 aromatic heterocycles. The number of likely N-dealkylation sites (N-methyl/N-ethyl adjacent to an activating group) is 1. The minimum Gasteiger partial charge on any atom is -0.347 e. The monoisotopic (exact) mass is 206 g/mol. The number of amides is 2. The third-order valence-corrected chi connectivity index (χ3v) is 2.05. The molecule has 1 atom stereocenters. The van der Waals surface area contributed by atoms with Crippen LogP contribution in [0.25, 0.3) is 0 Å². The molecule has 76 valence electrons. The van der Waals surface area contributed by atoms with Crippen LogP contribution in [0, 0.1) is 5.92 Å². The lowest BCUT2D eigenvalue weighted by molar-refractivity contribution is -0.131. The van der Waals surface area contributed by atoms with E-state index in [2.05, 4.69) is 5.32 Å². The highest BCUT2D eigenvalue weighted by molar-refractivity contribution is 6.19. The molecule has 13 heavy (non-hydrogen) atoms. The van der Waals surface area contributed by atoms with Crippen LogP contribution in [0.5, 0.6) is 0 Å². The van der Waals surface area contributed by atoms with Gasteiger partial charge in [-0.25, -0.2) is 0 Å². The van der Waals surface area contributed by atoms with Crippen molar-refractivity contribution in [1.82, 2.24) is 10.2 Å². The van der Waals surface area contributed by atoms with Crippen molar-refractivity contribution >= 4 is 23.4 Å². The standard InChI is InChI=1S/C8H15ClN2O2/c1-6(4-9)8(13)10-5-7(12)11(2)3/h6H,4-5H2,1-3H3,(H,10,13). The van der Waals surface area contributed by atoms with Gasteiger partial charge in [0.05, 0.1) is 6.54 Å². The molecule has 0 radical (unpaired) electrons. The van der Waals surface area contributed by atoms with E-state index in [0.29, 0.717) is 0 Å². The first kappa shape index (κ1) is 12.2. The van der Waals surface area contributed by atoms with Crippen molar-refractivity contribution in [3.63, 3.8) is 0 Å². The zero-order valence-electron chi connectivity index (χ0n) is 8.13. The van der Waals surface area contributed by atoms with Crippen molar-refractivity contribution in [3.8, 4) is 0 Å². The zero-order chi connectivity index (χ0) is 10.4. The molecule has 0 aliphatic heterocycles. The molecule has 4 nitrogen and oxygen atoms in total. The van der Waals surface area contributed by atoms with Crippen molar-refractivity contribution in [3.05, 3.63) is 0 Å². The summed E-state index contributed by atoms with van der Waals surface area (Å²) in [6.07, 6.45) is 0. The van der Waals surface area contributed by atoms with Gasteiger partial charge in [0, 0.05) is 25.9 Å². The fourth-order valence-electron chi connectivity index (χ4n) is 0.565. The summed E-state index contributed by atoms with van der Waals surface area (Å²) >= 11 is 5.47. The van der Waals surface area contributed by atoms with Gasteiger partial charge in [0.25, 0.3) is 0 Å². The molecule has 1 N–H and O–H groups in total.